The molecule has 0 amide bonds. The Balaban J connectivity index is 2.44. The number of ether oxygens (including phenoxy) is 1. The van der Waals surface area contributed by atoms with Crippen molar-refractivity contribution >= 4 is 12.2 Å². The number of methoxy groups -OCH3 is 1. The number of hydrogen-bond donors (Lipinski definition) is 1. The fourth-order valence-corrected chi connectivity index (χ4v) is 0.755. The second kappa shape index (κ2) is 5.21. The SMILES string of the molecule is COCCNc1ncc(C=O)cn1. The lowest BCUT2D eigenvalue weighted by Crippen LogP contribution is -2.10. The summed E-state index contributed by atoms with van der Waals surface area (Å²) < 4.78 is 4.83. The van der Waals surface area contributed by atoms with Crippen LogP contribution in [0.2, 0.25) is 0 Å². The molecule has 0 aliphatic rings. The molecule has 13 heavy (non-hydrogen) atoms. The third-order valence-electron chi connectivity index (χ3n) is 1.40. The Morgan fingerprint density at radius 1 is 1.54 bits per heavy atom. The van der Waals surface area contributed by atoms with Gasteiger partial charge in [-0.3, -0.25) is 4.79 Å². The summed E-state index contributed by atoms with van der Waals surface area (Å²) in [6, 6.07) is 0. The van der Waals surface area contributed by atoms with Crippen molar-refractivity contribution < 1.29 is 9.53 Å². The Kier molecular flexibility index (Phi) is 3.84. The molecule has 0 saturated carbocycles. The highest BCUT2D eigenvalue weighted by atomic mass is 16.5. The van der Waals surface area contributed by atoms with E-state index in [0.29, 0.717) is 30.9 Å². The average molecular weight is 181 g/mol. The fraction of sp³-hybridized carbons (Fsp3) is 0.375. The smallest absolute Gasteiger partial charge is 0.222 e. The molecule has 70 valence electrons. The van der Waals surface area contributed by atoms with Crippen LogP contribution in [0.1, 0.15) is 10.4 Å². The molecule has 0 aliphatic carbocycles. The first-order valence-corrected chi connectivity index (χ1v) is 3.87. The molecule has 5 nitrogen and oxygen atoms in total. The van der Waals surface area contributed by atoms with E-state index in [9.17, 15) is 4.79 Å². The maximum Gasteiger partial charge on any atom is 0.222 e. The zero-order valence-corrected chi connectivity index (χ0v) is 7.36. The first-order valence-electron chi connectivity index (χ1n) is 3.87. The minimum atomic E-state index is 0.470. The van der Waals surface area contributed by atoms with Crippen molar-refractivity contribution in [1.82, 2.24) is 9.97 Å². The van der Waals surface area contributed by atoms with E-state index in [1.165, 1.54) is 12.4 Å². The number of carbonyl (C=O) groups excluding carboxylic acids is 1. The topological polar surface area (TPSA) is 64.1 Å². The normalized spacial score (nSPS) is 9.62. The van der Waals surface area contributed by atoms with Crippen LogP contribution in [0.15, 0.2) is 12.4 Å². The number of nitrogens with zero attached hydrogens (tertiary/aromatic N) is 2. The summed E-state index contributed by atoms with van der Waals surface area (Å²) in [6.07, 6.45) is 3.64. The first kappa shape index (κ1) is 9.60. The summed E-state index contributed by atoms with van der Waals surface area (Å²) in [6.45, 7) is 1.25. The summed E-state index contributed by atoms with van der Waals surface area (Å²) in [5.74, 6) is 0.502. The number of aromatic nitrogens is 2. The summed E-state index contributed by atoms with van der Waals surface area (Å²) >= 11 is 0. The van der Waals surface area contributed by atoms with Gasteiger partial charge in [0.15, 0.2) is 6.29 Å². The van der Waals surface area contributed by atoms with Crippen molar-refractivity contribution in [2.24, 2.45) is 0 Å². The highest BCUT2D eigenvalue weighted by molar-refractivity contribution is 5.73. The lowest BCUT2D eigenvalue weighted by Gasteiger charge is -2.02. The van der Waals surface area contributed by atoms with Gasteiger partial charge in [-0.1, -0.05) is 0 Å². The lowest BCUT2D eigenvalue weighted by atomic mass is 10.4. The molecule has 1 aromatic heterocycles. The maximum absolute atomic E-state index is 10.3. The number of hydrogen-bond acceptors (Lipinski definition) is 5. The summed E-state index contributed by atoms with van der Waals surface area (Å²) in [4.78, 5) is 18.1. The van der Waals surface area contributed by atoms with Gasteiger partial charge in [-0.2, -0.15) is 0 Å². The summed E-state index contributed by atoms with van der Waals surface area (Å²) in [5.41, 5.74) is 0.470. The van der Waals surface area contributed by atoms with E-state index >= 15 is 0 Å². The van der Waals surface area contributed by atoms with Gasteiger partial charge < -0.3 is 10.1 Å². The van der Waals surface area contributed by atoms with E-state index in [0.717, 1.165) is 0 Å². The number of nitrogens with one attached hydrogen (secondary N) is 1. The molecule has 5 heteroatoms. The predicted molar refractivity (Wildman–Crippen MR) is 47.8 cm³/mol. The predicted octanol–water partition coefficient (Wildman–Crippen LogP) is 0.347. The monoisotopic (exact) mass is 181 g/mol. The van der Waals surface area contributed by atoms with Crippen LogP contribution in [-0.2, 0) is 4.74 Å². The zero-order chi connectivity index (χ0) is 9.52. The Morgan fingerprint density at radius 3 is 2.77 bits per heavy atom. The van der Waals surface area contributed by atoms with Crippen LogP contribution in [0.25, 0.3) is 0 Å². The zero-order valence-electron chi connectivity index (χ0n) is 7.36. The van der Waals surface area contributed by atoms with Crippen molar-refractivity contribution in [1.29, 1.82) is 0 Å². The Morgan fingerprint density at radius 2 is 2.23 bits per heavy atom. The summed E-state index contributed by atoms with van der Waals surface area (Å²) in [7, 11) is 1.62. The van der Waals surface area contributed by atoms with Crippen LogP contribution in [0.4, 0.5) is 5.95 Å². The molecule has 0 radical (unpaired) electrons. The Bertz CT molecular complexity index is 261. The van der Waals surface area contributed by atoms with Gasteiger partial charge in [0.05, 0.1) is 12.2 Å². The molecule has 0 atom stereocenters. The maximum atomic E-state index is 10.3. The van der Waals surface area contributed by atoms with Gasteiger partial charge in [-0.05, 0) is 0 Å². The van der Waals surface area contributed by atoms with Gasteiger partial charge >= 0.3 is 0 Å². The average Bonchev–Trinajstić information content (AvgIpc) is 2.19. The van der Waals surface area contributed by atoms with Gasteiger partial charge in [-0.25, -0.2) is 9.97 Å². The molecule has 0 saturated heterocycles. The number of aldehydes is 1. The third-order valence-corrected chi connectivity index (χ3v) is 1.40. The number of carbonyl (C=O) groups is 1. The number of anilines is 1. The molecule has 0 aliphatic heterocycles. The van der Waals surface area contributed by atoms with Crippen molar-refractivity contribution in [2.45, 2.75) is 0 Å². The minimum absolute atomic E-state index is 0.470. The largest absolute Gasteiger partial charge is 0.383 e. The molecular formula is C8H11N3O2. The van der Waals surface area contributed by atoms with Crippen LogP contribution in [0, 0.1) is 0 Å². The molecule has 1 N–H and O–H groups in total. The molecule has 0 spiro atoms. The van der Waals surface area contributed by atoms with Crippen LogP contribution >= 0.6 is 0 Å². The molecule has 1 rings (SSSR count). The van der Waals surface area contributed by atoms with Gasteiger partial charge in [0, 0.05) is 26.0 Å². The molecule has 1 heterocycles. The van der Waals surface area contributed by atoms with E-state index in [1.54, 1.807) is 7.11 Å². The van der Waals surface area contributed by atoms with Gasteiger partial charge in [0.1, 0.15) is 0 Å². The summed E-state index contributed by atoms with van der Waals surface area (Å²) in [5, 5.41) is 2.93. The molecule has 0 aromatic carbocycles. The Hall–Kier alpha value is -1.49. The second-order valence-electron chi connectivity index (χ2n) is 2.38. The quantitative estimate of drug-likeness (QED) is 0.524. The van der Waals surface area contributed by atoms with Crippen LogP contribution < -0.4 is 5.32 Å². The Labute approximate surface area is 76.2 Å². The van der Waals surface area contributed by atoms with Crippen LogP contribution in [-0.4, -0.2) is 36.5 Å². The molecular weight excluding hydrogens is 170 g/mol. The lowest BCUT2D eigenvalue weighted by molar-refractivity contribution is 0.112. The highest BCUT2D eigenvalue weighted by Gasteiger charge is 1.94. The third kappa shape index (κ3) is 3.16. The van der Waals surface area contributed by atoms with E-state index in [4.69, 9.17) is 4.74 Å². The standard InChI is InChI=1S/C8H11N3O2/c1-13-3-2-9-8-10-4-7(6-12)5-11-8/h4-6H,2-3H2,1H3,(H,9,10,11). The molecule has 0 unspecified atom stereocenters. The van der Waals surface area contributed by atoms with E-state index < -0.39 is 0 Å². The van der Waals surface area contributed by atoms with E-state index in [1.807, 2.05) is 0 Å². The van der Waals surface area contributed by atoms with Crippen molar-refractivity contribution in [3.63, 3.8) is 0 Å². The van der Waals surface area contributed by atoms with E-state index in [-0.39, 0.29) is 0 Å². The molecule has 0 fully saturated rings. The van der Waals surface area contributed by atoms with Gasteiger partial charge in [0.25, 0.3) is 0 Å². The van der Waals surface area contributed by atoms with Crippen molar-refractivity contribution in [2.75, 3.05) is 25.6 Å². The molecule has 0 bridgehead atoms. The number of rotatable bonds is 5. The van der Waals surface area contributed by atoms with Crippen molar-refractivity contribution in [3.8, 4) is 0 Å². The first-order chi connectivity index (χ1) is 6.36. The van der Waals surface area contributed by atoms with E-state index in [2.05, 4.69) is 15.3 Å². The van der Waals surface area contributed by atoms with Crippen LogP contribution in [0.3, 0.4) is 0 Å². The molecule has 1 aromatic rings. The van der Waals surface area contributed by atoms with Gasteiger partial charge in [-0.15, -0.1) is 0 Å². The van der Waals surface area contributed by atoms with Crippen molar-refractivity contribution in [3.05, 3.63) is 18.0 Å². The minimum Gasteiger partial charge on any atom is -0.383 e. The second-order valence-corrected chi connectivity index (χ2v) is 2.38. The van der Waals surface area contributed by atoms with Crippen LogP contribution in [0.5, 0.6) is 0 Å². The van der Waals surface area contributed by atoms with Gasteiger partial charge in [0.2, 0.25) is 5.95 Å². The fourth-order valence-electron chi connectivity index (χ4n) is 0.755. The highest BCUT2D eigenvalue weighted by Crippen LogP contribution is 1.96.